The van der Waals surface area contributed by atoms with E-state index < -0.39 is 25.0 Å². The molecule has 3 fully saturated rings. The Morgan fingerprint density at radius 1 is 0.756 bits per heavy atom. The van der Waals surface area contributed by atoms with Crippen molar-refractivity contribution >= 4 is 25.0 Å². The lowest BCUT2D eigenvalue weighted by Crippen LogP contribution is -2.48. The van der Waals surface area contributed by atoms with Gasteiger partial charge in [0.05, 0.1) is 17.8 Å². The third-order valence-electron chi connectivity index (χ3n) is 12.2. The van der Waals surface area contributed by atoms with Crippen LogP contribution in [0.1, 0.15) is 139 Å². The predicted molar refractivity (Wildman–Crippen MR) is 205 cm³/mol. The van der Waals surface area contributed by atoms with Crippen molar-refractivity contribution < 1.29 is 13.3 Å². The van der Waals surface area contributed by atoms with Gasteiger partial charge in [-0.3, -0.25) is 0 Å². The van der Waals surface area contributed by atoms with Crippen LogP contribution in [0.3, 0.4) is 0 Å². The molecule has 0 unspecified atom stereocenters. The molecule has 0 radical (unpaired) electrons. The molecule has 3 aliphatic rings. The first-order valence-electron chi connectivity index (χ1n) is 18.7. The molecule has 4 atom stereocenters. The molecular formula is C39H76O3Si3. The van der Waals surface area contributed by atoms with Crippen molar-refractivity contribution in [1.29, 1.82) is 0 Å². The lowest BCUT2D eigenvalue weighted by Gasteiger charge is -2.45. The Morgan fingerprint density at radius 2 is 1.29 bits per heavy atom. The fourth-order valence-electron chi connectivity index (χ4n) is 8.01. The van der Waals surface area contributed by atoms with Crippen LogP contribution in [0.5, 0.6) is 0 Å². The Balaban J connectivity index is 1.67. The summed E-state index contributed by atoms with van der Waals surface area (Å²) in [5.41, 5.74) is 3.84. The van der Waals surface area contributed by atoms with E-state index in [0.717, 1.165) is 25.2 Å². The minimum Gasteiger partial charge on any atom is -0.414 e. The Bertz CT molecular complexity index is 999. The summed E-state index contributed by atoms with van der Waals surface area (Å²) in [5, 5.41) is 0.444. The van der Waals surface area contributed by atoms with Gasteiger partial charge in [-0.25, -0.2) is 0 Å². The number of hydrogen-bond acceptors (Lipinski definition) is 3. The maximum atomic E-state index is 7.07. The molecule has 0 N–H and O–H groups in total. The minimum absolute atomic E-state index is 0.0254. The lowest BCUT2D eigenvalue weighted by molar-refractivity contribution is 0.0725. The van der Waals surface area contributed by atoms with Crippen LogP contribution in [-0.2, 0) is 13.3 Å². The molecule has 45 heavy (non-hydrogen) atoms. The zero-order valence-corrected chi connectivity index (χ0v) is 35.8. The number of hydrogen-bond donors (Lipinski definition) is 0. The molecule has 3 aliphatic carbocycles. The highest BCUT2D eigenvalue weighted by molar-refractivity contribution is 6.74. The second kappa shape index (κ2) is 14.5. The van der Waals surface area contributed by atoms with Gasteiger partial charge in [0, 0.05) is 0 Å². The average molecular weight is 677 g/mol. The highest BCUT2D eigenvalue weighted by Gasteiger charge is 2.44. The van der Waals surface area contributed by atoms with Crippen molar-refractivity contribution in [2.75, 3.05) is 0 Å². The van der Waals surface area contributed by atoms with Gasteiger partial charge in [0.25, 0.3) is 0 Å². The topological polar surface area (TPSA) is 27.7 Å². The van der Waals surface area contributed by atoms with Gasteiger partial charge < -0.3 is 13.3 Å². The van der Waals surface area contributed by atoms with Gasteiger partial charge in [0.1, 0.15) is 0 Å². The second-order valence-corrected chi connectivity index (χ2v) is 34.2. The first-order valence-corrected chi connectivity index (χ1v) is 28.0. The van der Waals surface area contributed by atoms with Crippen LogP contribution in [0.25, 0.3) is 0 Å². The van der Waals surface area contributed by atoms with Crippen LogP contribution in [0.15, 0.2) is 23.3 Å². The predicted octanol–water partition coefficient (Wildman–Crippen LogP) is 13.0. The van der Waals surface area contributed by atoms with Gasteiger partial charge >= 0.3 is 0 Å². The molecule has 0 aromatic rings. The number of allylic oxidation sites excluding steroid dienone is 3. The van der Waals surface area contributed by atoms with Gasteiger partial charge in [0.2, 0.25) is 0 Å². The molecule has 0 aliphatic heterocycles. The zero-order valence-electron chi connectivity index (χ0n) is 32.8. The molecule has 0 heterocycles. The number of rotatable bonds is 11. The van der Waals surface area contributed by atoms with Crippen LogP contribution in [0.4, 0.5) is 0 Å². The van der Waals surface area contributed by atoms with E-state index in [-0.39, 0.29) is 27.9 Å². The Labute approximate surface area is 284 Å². The molecule has 6 heteroatoms. The van der Waals surface area contributed by atoms with Crippen molar-refractivity contribution in [2.45, 2.75) is 213 Å². The molecule has 0 amide bonds. The molecular weight excluding hydrogens is 601 g/mol. The molecule has 0 aromatic heterocycles. The molecule has 3 saturated carbocycles. The van der Waals surface area contributed by atoms with Crippen LogP contribution < -0.4 is 0 Å². The zero-order chi connectivity index (χ0) is 34.1. The van der Waals surface area contributed by atoms with E-state index in [9.17, 15) is 0 Å². The molecule has 262 valence electrons. The summed E-state index contributed by atoms with van der Waals surface area (Å²) in [6.07, 6.45) is 22.4. The van der Waals surface area contributed by atoms with Crippen molar-refractivity contribution in [3.8, 4) is 0 Å². The largest absolute Gasteiger partial charge is 0.414 e. The lowest BCUT2D eigenvalue weighted by atomic mass is 9.70. The first kappa shape index (κ1) is 39.4. The Hall–Kier alpha value is 0.0106. The average Bonchev–Trinajstić information content (AvgIpc) is 3.20. The van der Waals surface area contributed by atoms with Gasteiger partial charge in [0.15, 0.2) is 25.0 Å². The summed E-state index contributed by atoms with van der Waals surface area (Å²) >= 11 is 0. The standard InChI is InChI=1S/C39H76O3Si3/c1-36(2,3)44(12,13)40-34-26-33(27-35(28-34)41-45(14,15)37(4,5)6)21-20-31-19-17-24-39(29-31)25-22-32(30-39)18-16-23-38(7,8)42-43(9,10)11/h20-21,32,34-35H,16-19,22-30H2,1-15H3/t32-,34-,35-,39-/m1/s1. The first-order chi connectivity index (χ1) is 20.3. The Kier molecular flexibility index (Phi) is 12.7. The molecule has 3 rings (SSSR count). The quantitative estimate of drug-likeness (QED) is 0.204. The Morgan fingerprint density at radius 3 is 1.80 bits per heavy atom. The van der Waals surface area contributed by atoms with E-state index in [1.165, 1.54) is 64.2 Å². The molecule has 0 bridgehead atoms. The van der Waals surface area contributed by atoms with E-state index in [2.05, 4.69) is 113 Å². The minimum atomic E-state index is -1.85. The summed E-state index contributed by atoms with van der Waals surface area (Å²) in [7, 11) is -5.21. The molecule has 0 aromatic carbocycles. The highest BCUT2D eigenvalue weighted by Crippen LogP contribution is 2.54. The maximum absolute atomic E-state index is 7.07. The van der Waals surface area contributed by atoms with Crippen LogP contribution in [0.2, 0.25) is 55.9 Å². The molecule has 1 spiro atoms. The third-order valence-corrected chi connectivity index (χ3v) is 22.4. The molecule has 3 nitrogen and oxygen atoms in total. The second-order valence-electron chi connectivity index (χ2n) is 20.3. The van der Waals surface area contributed by atoms with E-state index in [1.54, 1.807) is 11.1 Å². The highest BCUT2D eigenvalue weighted by atomic mass is 28.4. The van der Waals surface area contributed by atoms with E-state index in [4.69, 9.17) is 13.3 Å². The summed E-state index contributed by atoms with van der Waals surface area (Å²) in [6.45, 7) is 35.4. The molecule has 0 saturated heterocycles. The third kappa shape index (κ3) is 11.8. The summed E-state index contributed by atoms with van der Waals surface area (Å²) in [5.74, 6) is 0.908. The SMILES string of the molecule is CC(C)(CCC[C@@H]1CC[C@@]2(CCCC(=CC=C3C[C@@H](O[Si](C)(C)C(C)(C)C)C[C@H](O[Si](C)(C)C(C)(C)C)C3)C2)C1)O[Si](C)(C)C. The summed E-state index contributed by atoms with van der Waals surface area (Å²) < 4.78 is 20.6. The maximum Gasteiger partial charge on any atom is 0.192 e. The van der Waals surface area contributed by atoms with Crippen molar-refractivity contribution in [1.82, 2.24) is 0 Å². The fourth-order valence-corrected chi connectivity index (χ4v) is 12.5. The van der Waals surface area contributed by atoms with Crippen molar-refractivity contribution in [2.24, 2.45) is 11.3 Å². The van der Waals surface area contributed by atoms with E-state index in [1.807, 2.05) is 0 Å². The van der Waals surface area contributed by atoms with Crippen molar-refractivity contribution in [3.63, 3.8) is 0 Å². The van der Waals surface area contributed by atoms with Crippen LogP contribution in [-0.4, -0.2) is 42.8 Å². The van der Waals surface area contributed by atoms with Gasteiger partial charge in [-0.15, -0.1) is 0 Å². The van der Waals surface area contributed by atoms with E-state index in [0.29, 0.717) is 5.41 Å². The van der Waals surface area contributed by atoms with Gasteiger partial charge in [-0.2, -0.15) is 0 Å². The fraction of sp³-hybridized carbons (Fsp3) is 0.897. The smallest absolute Gasteiger partial charge is 0.192 e. The monoisotopic (exact) mass is 677 g/mol. The van der Waals surface area contributed by atoms with Crippen LogP contribution >= 0.6 is 0 Å². The van der Waals surface area contributed by atoms with E-state index >= 15 is 0 Å². The van der Waals surface area contributed by atoms with Crippen molar-refractivity contribution in [3.05, 3.63) is 23.3 Å². The summed E-state index contributed by atoms with van der Waals surface area (Å²) in [4.78, 5) is 0. The summed E-state index contributed by atoms with van der Waals surface area (Å²) in [6, 6.07) is 0. The normalized spacial score (nSPS) is 28.7. The van der Waals surface area contributed by atoms with Gasteiger partial charge in [-0.1, -0.05) is 77.7 Å². The van der Waals surface area contributed by atoms with Crippen LogP contribution in [0, 0.1) is 11.3 Å². The van der Waals surface area contributed by atoms with Gasteiger partial charge in [-0.05, 0) is 152 Å².